The molecule has 1 saturated carbocycles. The Hall–Kier alpha value is -1.97. The third-order valence-electron chi connectivity index (χ3n) is 4.19. The molecular formula is C16H18N2O2. The molecule has 1 aliphatic rings. The van der Waals surface area contributed by atoms with Crippen molar-refractivity contribution >= 4 is 16.9 Å². The van der Waals surface area contributed by atoms with Crippen molar-refractivity contribution < 1.29 is 9.90 Å². The number of carboxylic acids is 1. The van der Waals surface area contributed by atoms with Crippen molar-refractivity contribution in [2.24, 2.45) is 5.92 Å². The van der Waals surface area contributed by atoms with Crippen LogP contribution in [-0.4, -0.2) is 21.0 Å². The lowest BCUT2D eigenvalue weighted by Crippen LogP contribution is -2.12. The first-order valence-corrected chi connectivity index (χ1v) is 7.18. The second kappa shape index (κ2) is 5.57. The first-order valence-electron chi connectivity index (χ1n) is 7.18. The van der Waals surface area contributed by atoms with Crippen molar-refractivity contribution in [2.45, 2.75) is 38.0 Å². The largest absolute Gasteiger partial charge is 0.481 e. The van der Waals surface area contributed by atoms with Crippen molar-refractivity contribution in [1.29, 1.82) is 0 Å². The fourth-order valence-electron chi connectivity index (χ4n) is 2.99. The third kappa shape index (κ3) is 2.64. The lowest BCUT2D eigenvalue weighted by molar-refractivity contribution is -0.142. The monoisotopic (exact) mass is 270 g/mol. The first-order chi connectivity index (χ1) is 9.74. The fraction of sp³-hybridized carbons (Fsp3) is 0.438. The molecule has 20 heavy (non-hydrogen) atoms. The Morgan fingerprint density at radius 3 is 2.85 bits per heavy atom. The van der Waals surface area contributed by atoms with E-state index in [0.717, 1.165) is 48.8 Å². The highest BCUT2D eigenvalue weighted by Crippen LogP contribution is 2.33. The molecule has 4 nitrogen and oxygen atoms in total. The molecule has 0 saturated heterocycles. The van der Waals surface area contributed by atoms with Crippen LogP contribution >= 0.6 is 0 Å². The summed E-state index contributed by atoms with van der Waals surface area (Å²) in [6.07, 6.45) is 6.18. The molecule has 1 heterocycles. The smallest absolute Gasteiger partial charge is 0.306 e. The van der Waals surface area contributed by atoms with Gasteiger partial charge in [0.05, 0.1) is 11.4 Å². The van der Waals surface area contributed by atoms with Crippen LogP contribution in [0.15, 0.2) is 30.5 Å². The summed E-state index contributed by atoms with van der Waals surface area (Å²) in [6, 6.07) is 7.96. The van der Waals surface area contributed by atoms with Gasteiger partial charge in [0.25, 0.3) is 0 Å². The standard InChI is InChI=1S/C16H18N2O2/c19-16(20)12-6-3-5-11(8-9-12)15-17-10-13-4-1-2-7-14(13)18-15/h1-2,4,7,10-12H,3,5-6,8-9H2,(H,19,20). The predicted octanol–water partition coefficient (Wildman–Crippen LogP) is 3.38. The number of hydrogen-bond acceptors (Lipinski definition) is 3. The van der Waals surface area contributed by atoms with Crippen molar-refractivity contribution in [2.75, 3.05) is 0 Å². The van der Waals surface area contributed by atoms with Gasteiger partial charge in [-0.1, -0.05) is 24.6 Å². The minimum atomic E-state index is -0.662. The highest BCUT2D eigenvalue weighted by Gasteiger charge is 2.25. The van der Waals surface area contributed by atoms with Crippen molar-refractivity contribution in [3.63, 3.8) is 0 Å². The summed E-state index contributed by atoms with van der Waals surface area (Å²) in [4.78, 5) is 20.2. The number of hydrogen-bond donors (Lipinski definition) is 1. The van der Waals surface area contributed by atoms with Gasteiger partial charge in [-0.05, 0) is 31.7 Å². The van der Waals surface area contributed by atoms with E-state index in [1.165, 1.54) is 0 Å². The quantitative estimate of drug-likeness (QED) is 0.850. The van der Waals surface area contributed by atoms with Gasteiger partial charge >= 0.3 is 5.97 Å². The maximum absolute atomic E-state index is 11.1. The van der Waals surface area contributed by atoms with Crippen LogP contribution in [-0.2, 0) is 4.79 Å². The van der Waals surface area contributed by atoms with E-state index in [4.69, 9.17) is 5.11 Å². The fourth-order valence-corrected chi connectivity index (χ4v) is 2.99. The number of para-hydroxylation sites is 1. The van der Waals surface area contributed by atoms with Crippen LogP contribution in [0.2, 0.25) is 0 Å². The van der Waals surface area contributed by atoms with E-state index in [9.17, 15) is 4.79 Å². The summed E-state index contributed by atoms with van der Waals surface area (Å²) in [5.41, 5.74) is 0.969. The Kier molecular flexibility index (Phi) is 3.63. The van der Waals surface area contributed by atoms with E-state index in [1.54, 1.807) is 0 Å². The lowest BCUT2D eigenvalue weighted by atomic mass is 9.97. The molecule has 0 amide bonds. The number of benzene rings is 1. The summed E-state index contributed by atoms with van der Waals surface area (Å²) < 4.78 is 0. The Bertz CT molecular complexity index is 627. The van der Waals surface area contributed by atoms with Crippen molar-refractivity contribution in [3.05, 3.63) is 36.3 Å². The normalized spacial score (nSPS) is 23.4. The highest BCUT2D eigenvalue weighted by atomic mass is 16.4. The average molecular weight is 270 g/mol. The molecule has 2 atom stereocenters. The van der Waals surface area contributed by atoms with Gasteiger partial charge in [0, 0.05) is 17.5 Å². The molecule has 3 rings (SSSR count). The molecule has 104 valence electrons. The lowest BCUT2D eigenvalue weighted by Gasteiger charge is -2.13. The number of carbonyl (C=O) groups is 1. The second-order valence-electron chi connectivity index (χ2n) is 5.53. The zero-order valence-corrected chi connectivity index (χ0v) is 11.3. The van der Waals surface area contributed by atoms with E-state index in [2.05, 4.69) is 9.97 Å². The molecule has 2 unspecified atom stereocenters. The zero-order valence-electron chi connectivity index (χ0n) is 11.3. The summed E-state index contributed by atoms with van der Waals surface area (Å²) in [7, 11) is 0. The topological polar surface area (TPSA) is 63.1 Å². The van der Waals surface area contributed by atoms with E-state index in [-0.39, 0.29) is 5.92 Å². The number of fused-ring (bicyclic) bond motifs is 1. The van der Waals surface area contributed by atoms with Gasteiger partial charge in [-0.15, -0.1) is 0 Å². The minimum absolute atomic E-state index is 0.194. The number of aromatic nitrogens is 2. The average Bonchev–Trinajstić information content (AvgIpc) is 2.73. The molecule has 0 aliphatic heterocycles. The SMILES string of the molecule is O=C(O)C1CCCC(c2ncc3ccccc3n2)CC1. The predicted molar refractivity (Wildman–Crippen MR) is 76.5 cm³/mol. The molecule has 2 aromatic rings. The third-order valence-corrected chi connectivity index (χ3v) is 4.19. The summed E-state index contributed by atoms with van der Waals surface area (Å²) in [5.74, 6) is 0.309. The summed E-state index contributed by atoms with van der Waals surface area (Å²) in [5, 5.41) is 10.2. The van der Waals surface area contributed by atoms with Crippen LogP contribution in [0, 0.1) is 5.92 Å². The van der Waals surface area contributed by atoms with E-state index in [1.807, 2.05) is 30.5 Å². The van der Waals surface area contributed by atoms with Gasteiger partial charge < -0.3 is 5.11 Å². The molecule has 1 aromatic heterocycles. The summed E-state index contributed by atoms with van der Waals surface area (Å²) in [6.45, 7) is 0. The molecule has 0 spiro atoms. The maximum atomic E-state index is 11.1. The van der Waals surface area contributed by atoms with Crippen LogP contribution in [0.1, 0.15) is 43.8 Å². The minimum Gasteiger partial charge on any atom is -0.481 e. The maximum Gasteiger partial charge on any atom is 0.306 e. The highest BCUT2D eigenvalue weighted by molar-refractivity contribution is 5.77. The Morgan fingerprint density at radius 2 is 2.00 bits per heavy atom. The van der Waals surface area contributed by atoms with Crippen LogP contribution in [0.25, 0.3) is 10.9 Å². The molecule has 0 radical (unpaired) electrons. The molecule has 4 heteroatoms. The molecule has 0 bridgehead atoms. The molecular weight excluding hydrogens is 252 g/mol. The van der Waals surface area contributed by atoms with Gasteiger partial charge in [0.1, 0.15) is 5.82 Å². The number of rotatable bonds is 2. The van der Waals surface area contributed by atoms with Gasteiger partial charge in [0.15, 0.2) is 0 Å². The van der Waals surface area contributed by atoms with E-state index >= 15 is 0 Å². The van der Waals surface area contributed by atoms with Crippen LogP contribution < -0.4 is 0 Å². The molecule has 1 aliphatic carbocycles. The molecule has 1 N–H and O–H groups in total. The van der Waals surface area contributed by atoms with Gasteiger partial charge in [-0.2, -0.15) is 0 Å². The second-order valence-corrected chi connectivity index (χ2v) is 5.53. The zero-order chi connectivity index (χ0) is 13.9. The van der Waals surface area contributed by atoms with Crippen molar-refractivity contribution in [3.8, 4) is 0 Å². The van der Waals surface area contributed by atoms with Crippen LogP contribution in [0.5, 0.6) is 0 Å². The van der Waals surface area contributed by atoms with Crippen LogP contribution in [0.4, 0.5) is 0 Å². The van der Waals surface area contributed by atoms with E-state index < -0.39 is 5.97 Å². The Morgan fingerprint density at radius 1 is 1.15 bits per heavy atom. The van der Waals surface area contributed by atoms with Crippen LogP contribution in [0.3, 0.4) is 0 Å². The Labute approximate surface area is 117 Å². The summed E-state index contributed by atoms with van der Waals surface area (Å²) >= 11 is 0. The van der Waals surface area contributed by atoms with Gasteiger partial charge in [-0.3, -0.25) is 4.79 Å². The number of aliphatic carboxylic acids is 1. The van der Waals surface area contributed by atoms with Gasteiger partial charge in [-0.25, -0.2) is 9.97 Å². The first kappa shape index (κ1) is 13.0. The molecule has 1 aromatic carbocycles. The van der Waals surface area contributed by atoms with Gasteiger partial charge in [0.2, 0.25) is 0 Å². The van der Waals surface area contributed by atoms with E-state index in [0.29, 0.717) is 5.92 Å². The number of nitrogens with zero attached hydrogens (tertiary/aromatic N) is 2. The number of carboxylic acid groups (broad SMARTS) is 1. The Balaban J connectivity index is 1.82. The van der Waals surface area contributed by atoms with Crippen molar-refractivity contribution in [1.82, 2.24) is 9.97 Å². The molecule has 1 fully saturated rings.